The van der Waals surface area contributed by atoms with Crippen LogP contribution in [0.2, 0.25) is 0 Å². The van der Waals surface area contributed by atoms with E-state index in [1.807, 2.05) is 25.2 Å². The summed E-state index contributed by atoms with van der Waals surface area (Å²) in [4.78, 5) is 10.6. The molecule has 1 aliphatic rings. The monoisotopic (exact) mass is 390 g/mol. The van der Waals surface area contributed by atoms with Crippen molar-refractivity contribution in [2.24, 2.45) is 13.0 Å². The zero-order valence-corrected chi connectivity index (χ0v) is 16.9. The number of nitrogens with zero attached hydrogens (tertiary/aromatic N) is 5. The van der Waals surface area contributed by atoms with E-state index in [1.165, 1.54) is 18.5 Å². The molecule has 0 amide bonds. The van der Waals surface area contributed by atoms with Crippen LogP contribution in [0.3, 0.4) is 0 Å². The zero-order valence-electron chi connectivity index (χ0n) is 16.9. The van der Waals surface area contributed by atoms with Crippen LogP contribution < -0.4 is 0 Å². The minimum absolute atomic E-state index is 0.585. The van der Waals surface area contributed by atoms with Crippen LogP contribution in [0.1, 0.15) is 30.3 Å². The molecule has 3 aromatic heterocycles. The highest BCUT2D eigenvalue weighted by molar-refractivity contribution is 5.74. The molecule has 1 N–H and O–H groups in total. The number of piperidine rings is 1. The maximum absolute atomic E-state index is 5.96. The highest BCUT2D eigenvalue weighted by Crippen LogP contribution is 2.24. The molecule has 4 aromatic rings. The molecule has 0 aliphatic carbocycles. The Morgan fingerprint density at radius 2 is 2.07 bits per heavy atom. The van der Waals surface area contributed by atoms with Crippen LogP contribution >= 0.6 is 0 Å². The molecular weight excluding hydrogens is 364 g/mol. The molecule has 7 nitrogen and oxygen atoms in total. The van der Waals surface area contributed by atoms with Crippen molar-refractivity contribution < 1.29 is 4.42 Å². The van der Waals surface area contributed by atoms with Gasteiger partial charge in [0.15, 0.2) is 0 Å². The number of hydrogen-bond donors (Lipinski definition) is 1. The van der Waals surface area contributed by atoms with Crippen molar-refractivity contribution in [1.82, 2.24) is 29.6 Å². The quantitative estimate of drug-likeness (QED) is 0.562. The molecule has 1 fully saturated rings. The van der Waals surface area contributed by atoms with Crippen molar-refractivity contribution in [2.45, 2.75) is 32.7 Å². The standard InChI is InChI=1S/C22H26N6O/c1-15-9-10-19(27(15)2)22-26-25-21(29-22)14-28-11-5-6-16(13-28)12-20-23-17-7-3-4-8-18(17)24-20/h3-4,7-10,16H,5-6,11-14H2,1-2H3,(H,23,24)/t16-/m1/s1. The van der Waals surface area contributed by atoms with Gasteiger partial charge in [-0.1, -0.05) is 12.1 Å². The molecule has 1 aromatic carbocycles. The minimum Gasteiger partial charge on any atom is -0.418 e. The molecule has 1 atom stereocenters. The number of hydrogen-bond acceptors (Lipinski definition) is 5. The fraction of sp³-hybridized carbons (Fsp3) is 0.409. The van der Waals surface area contributed by atoms with E-state index in [9.17, 15) is 0 Å². The Morgan fingerprint density at radius 1 is 1.17 bits per heavy atom. The second-order valence-electron chi connectivity index (χ2n) is 8.07. The normalized spacial score (nSPS) is 17.9. The zero-order chi connectivity index (χ0) is 19.8. The van der Waals surface area contributed by atoms with E-state index >= 15 is 0 Å². The molecule has 1 aliphatic heterocycles. The van der Waals surface area contributed by atoms with Crippen molar-refractivity contribution in [3.8, 4) is 11.6 Å². The van der Waals surface area contributed by atoms with E-state index in [4.69, 9.17) is 9.40 Å². The van der Waals surface area contributed by atoms with Crippen LogP contribution in [-0.4, -0.2) is 42.7 Å². The first kappa shape index (κ1) is 18.1. The molecular formula is C22H26N6O. The van der Waals surface area contributed by atoms with Gasteiger partial charge in [-0.05, 0) is 56.5 Å². The van der Waals surface area contributed by atoms with Crippen molar-refractivity contribution >= 4 is 11.0 Å². The van der Waals surface area contributed by atoms with E-state index in [-0.39, 0.29) is 0 Å². The number of fused-ring (bicyclic) bond motifs is 1. The number of nitrogens with one attached hydrogen (secondary N) is 1. The molecule has 0 spiro atoms. The fourth-order valence-electron chi connectivity index (χ4n) is 4.28. The van der Waals surface area contributed by atoms with Gasteiger partial charge in [0.25, 0.3) is 5.89 Å². The molecule has 0 radical (unpaired) electrons. The Morgan fingerprint density at radius 3 is 2.90 bits per heavy atom. The van der Waals surface area contributed by atoms with Gasteiger partial charge >= 0.3 is 0 Å². The van der Waals surface area contributed by atoms with Crippen LogP contribution in [0, 0.1) is 12.8 Å². The third-order valence-electron chi connectivity index (χ3n) is 5.94. The average Bonchev–Trinajstić information content (AvgIpc) is 3.42. The Bertz CT molecular complexity index is 1090. The number of imidazole rings is 1. The SMILES string of the molecule is Cc1ccc(-c2nnc(CN3CCC[C@H](Cc4nc5ccccc5[nH]4)C3)o2)n1C. The van der Waals surface area contributed by atoms with Crippen LogP contribution in [0.4, 0.5) is 0 Å². The van der Waals surface area contributed by atoms with Crippen LogP contribution in [-0.2, 0) is 20.0 Å². The second-order valence-corrected chi connectivity index (χ2v) is 8.07. The lowest BCUT2D eigenvalue weighted by molar-refractivity contribution is 0.153. The molecule has 0 saturated carbocycles. The molecule has 0 bridgehead atoms. The summed E-state index contributed by atoms with van der Waals surface area (Å²) in [5.41, 5.74) is 4.29. The molecule has 5 rings (SSSR count). The molecule has 1 saturated heterocycles. The predicted molar refractivity (Wildman–Crippen MR) is 111 cm³/mol. The maximum atomic E-state index is 5.96. The van der Waals surface area contributed by atoms with Crippen molar-refractivity contribution in [3.05, 3.63) is 53.8 Å². The highest BCUT2D eigenvalue weighted by Gasteiger charge is 2.23. The lowest BCUT2D eigenvalue weighted by atomic mass is 9.94. The topological polar surface area (TPSA) is 75.8 Å². The van der Waals surface area contributed by atoms with Gasteiger partial charge in [0.05, 0.1) is 17.6 Å². The highest BCUT2D eigenvalue weighted by atomic mass is 16.4. The molecule has 29 heavy (non-hydrogen) atoms. The first-order valence-corrected chi connectivity index (χ1v) is 10.3. The third-order valence-corrected chi connectivity index (χ3v) is 5.94. The summed E-state index contributed by atoms with van der Waals surface area (Å²) in [6.45, 7) is 4.86. The number of likely N-dealkylation sites (tertiary alicyclic amines) is 1. The van der Waals surface area contributed by atoms with Crippen LogP contribution in [0.25, 0.3) is 22.6 Å². The average molecular weight is 390 g/mol. The Hall–Kier alpha value is -2.93. The summed E-state index contributed by atoms with van der Waals surface area (Å²) in [7, 11) is 2.02. The number of aromatic nitrogens is 5. The van der Waals surface area contributed by atoms with Gasteiger partial charge in [0.2, 0.25) is 5.89 Å². The number of aryl methyl sites for hydroxylation is 1. The lowest BCUT2D eigenvalue weighted by Crippen LogP contribution is -2.36. The Balaban J connectivity index is 1.24. The predicted octanol–water partition coefficient (Wildman–Crippen LogP) is 3.71. The first-order chi connectivity index (χ1) is 14.2. The fourth-order valence-corrected chi connectivity index (χ4v) is 4.28. The van der Waals surface area contributed by atoms with E-state index in [2.05, 4.69) is 49.8 Å². The molecule has 4 heterocycles. The van der Waals surface area contributed by atoms with Crippen LogP contribution in [0.15, 0.2) is 40.8 Å². The summed E-state index contributed by atoms with van der Waals surface area (Å²) < 4.78 is 8.03. The molecule has 7 heteroatoms. The molecule has 0 unspecified atom stereocenters. The lowest BCUT2D eigenvalue weighted by Gasteiger charge is -2.31. The van der Waals surface area contributed by atoms with Crippen LogP contribution in [0.5, 0.6) is 0 Å². The summed E-state index contributed by atoms with van der Waals surface area (Å²) >= 11 is 0. The van der Waals surface area contributed by atoms with Crippen molar-refractivity contribution in [1.29, 1.82) is 0 Å². The van der Waals surface area contributed by atoms with E-state index in [0.717, 1.165) is 42.1 Å². The summed E-state index contributed by atoms with van der Waals surface area (Å²) in [6.07, 6.45) is 3.39. The summed E-state index contributed by atoms with van der Waals surface area (Å²) in [6, 6.07) is 12.3. The number of benzene rings is 1. The number of para-hydroxylation sites is 2. The Labute approximate surface area is 169 Å². The number of rotatable bonds is 5. The number of aromatic amines is 1. The first-order valence-electron chi connectivity index (χ1n) is 10.3. The summed E-state index contributed by atoms with van der Waals surface area (Å²) in [5.74, 6) is 2.94. The van der Waals surface area contributed by atoms with Gasteiger partial charge in [0, 0.05) is 25.7 Å². The smallest absolute Gasteiger partial charge is 0.264 e. The largest absolute Gasteiger partial charge is 0.418 e. The second kappa shape index (κ2) is 7.48. The van der Waals surface area contributed by atoms with Gasteiger partial charge in [-0.15, -0.1) is 10.2 Å². The minimum atomic E-state index is 0.585. The van der Waals surface area contributed by atoms with E-state index in [1.54, 1.807) is 0 Å². The third kappa shape index (κ3) is 3.70. The van der Waals surface area contributed by atoms with Gasteiger partial charge in [-0.25, -0.2) is 4.98 Å². The van der Waals surface area contributed by atoms with Crippen molar-refractivity contribution in [2.75, 3.05) is 13.1 Å². The van der Waals surface area contributed by atoms with E-state index < -0.39 is 0 Å². The molecule has 150 valence electrons. The number of H-pyrrole nitrogens is 1. The van der Waals surface area contributed by atoms with E-state index in [0.29, 0.717) is 24.2 Å². The summed E-state index contributed by atoms with van der Waals surface area (Å²) in [5, 5.41) is 8.54. The van der Waals surface area contributed by atoms with Gasteiger partial charge in [-0.2, -0.15) is 0 Å². The Kier molecular flexibility index (Phi) is 4.67. The van der Waals surface area contributed by atoms with Gasteiger partial charge in [0.1, 0.15) is 11.5 Å². The maximum Gasteiger partial charge on any atom is 0.264 e. The van der Waals surface area contributed by atoms with Gasteiger partial charge in [-0.3, -0.25) is 4.90 Å². The van der Waals surface area contributed by atoms with Gasteiger partial charge < -0.3 is 14.0 Å². The van der Waals surface area contributed by atoms with Crippen molar-refractivity contribution in [3.63, 3.8) is 0 Å².